The zero-order valence-corrected chi connectivity index (χ0v) is 15.5. The van der Waals surface area contributed by atoms with Crippen molar-refractivity contribution in [3.63, 3.8) is 0 Å². The average Bonchev–Trinajstić information content (AvgIpc) is 2.72. The fourth-order valence-corrected chi connectivity index (χ4v) is 3.52. The molecule has 4 rings (SSSR count). The van der Waals surface area contributed by atoms with Gasteiger partial charge >= 0.3 is 0 Å². The lowest BCUT2D eigenvalue weighted by Crippen LogP contribution is -2.26. The Balaban J connectivity index is 1.29. The SMILES string of the molecule is O=C(CCc1ccc2ccccc2c1)NCCc1cc(F)cc2c1OCOC2. The van der Waals surface area contributed by atoms with Crippen LogP contribution in [0, 0.1) is 5.82 Å². The topological polar surface area (TPSA) is 47.6 Å². The molecular formula is C23H22FNO3. The van der Waals surface area contributed by atoms with Crippen LogP contribution < -0.4 is 10.1 Å². The summed E-state index contributed by atoms with van der Waals surface area (Å²) in [5.74, 6) is 0.353. The predicted molar refractivity (Wildman–Crippen MR) is 106 cm³/mol. The largest absolute Gasteiger partial charge is 0.467 e. The van der Waals surface area contributed by atoms with E-state index in [1.54, 1.807) is 0 Å². The van der Waals surface area contributed by atoms with Crippen LogP contribution in [-0.4, -0.2) is 19.2 Å². The van der Waals surface area contributed by atoms with E-state index in [1.807, 2.05) is 12.1 Å². The van der Waals surface area contributed by atoms with Crippen molar-refractivity contribution in [2.75, 3.05) is 13.3 Å². The summed E-state index contributed by atoms with van der Waals surface area (Å²) in [4.78, 5) is 12.2. The molecule has 1 aliphatic rings. The van der Waals surface area contributed by atoms with Crippen LogP contribution in [0.5, 0.6) is 5.75 Å². The Morgan fingerprint density at radius 1 is 1.04 bits per heavy atom. The number of benzene rings is 3. The van der Waals surface area contributed by atoms with Gasteiger partial charge in [0.2, 0.25) is 5.91 Å². The Labute approximate surface area is 163 Å². The van der Waals surface area contributed by atoms with E-state index in [0.29, 0.717) is 43.7 Å². The van der Waals surface area contributed by atoms with Crippen LogP contribution >= 0.6 is 0 Å². The minimum atomic E-state index is -0.314. The van der Waals surface area contributed by atoms with Crippen LogP contribution in [0.25, 0.3) is 10.8 Å². The maximum atomic E-state index is 13.8. The highest BCUT2D eigenvalue weighted by Gasteiger charge is 2.17. The second kappa shape index (κ2) is 8.40. The van der Waals surface area contributed by atoms with Gasteiger partial charge in [-0.2, -0.15) is 0 Å². The summed E-state index contributed by atoms with van der Waals surface area (Å²) in [7, 11) is 0. The first-order valence-electron chi connectivity index (χ1n) is 9.45. The number of rotatable bonds is 6. The van der Waals surface area contributed by atoms with Crippen molar-refractivity contribution in [3.05, 3.63) is 77.1 Å². The number of aryl methyl sites for hydroxylation is 1. The Morgan fingerprint density at radius 2 is 1.89 bits per heavy atom. The van der Waals surface area contributed by atoms with E-state index in [0.717, 1.165) is 11.1 Å². The molecule has 4 nitrogen and oxygen atoms in total. The number of hydrogen-bond donors (Lipinski definition) is 1. The van der Waals surface area contributed by atoms with Gasteiger partial charge in [0.05, 0.1) is 6.61 Å². The van der Waals surface area contributed by atoms with Crippen molar-refractivity contribution < 1.29 is 18.7 Å². The molecule has 1 amide bonds. The predicted octanol–water partition coefficient (Wildman–Crippen LogP) is 4.14. The summed E-state index contributed by atoms with van der Waals surface area (Å²) < 4.78 is 24.5. The van der Waals surface area contributed by atoms with Crippen molar-refractivity contribution >= 4 is 16.7 Å². The first kappa shape index (κ1) is 18.4. The van der Waals surface area contributed by atoms with Gasteiger partial charge in [0.1, 0.15) is 11.6 Å². The Kier molecular flexibility index (Phi) is 5.53. The smallest absolute Gasteiger partial charge is 0.220 e. The van der Waals surface area contributed by atoms with Gasteiger partial charge in [-0.05, 0) is 46.9 Å². The molecule has 1 heterocycles. The zero-order chi connectivity index (χ0) is 19.3. The van der Waals surface area contributed by atoms with Crippen molar-refractivity contribution in [2.24, 2.45) is 0 Å². The molecule has 0 saturated heterocycles. The van der Waals surface area contributed by atoms with Crippen LogP contribution in [0.2, 0.25) is 0 Å². The molecule has 0 atom stereocenters. The quantitative estimate of drug-likeness (QED) is 0.700. The third kappa shape index (κ3) is 4.31. The zero-order valence-electron chi connectivity index (χ0n) is 15.5. The molecule has 0 spiro atoms. The van der Waals surface area contributed by atoms with Crippen molar-refractivity contribution in [3.8, 4) is 5.75 Å². The van der Waals surface area contributed by atoms with Crippen molar-refractivity contribution in [2.45, 2.75) is 25.9 Å². The number of carbonyl (C=O) groups excluding carboxylic acids is 1. The molecule has 28 heavy (non-hydrogen) atoms. The second-order valence-electron chi connectivity index (χ2n) is 6.95. The normalized spacial score (nSPS) is 13.0. The van der Waals surface area contributed by atoms with E-state index in [1.165, 1.54) is 22.9 Å². The lowest BCUT2D eigenvalue weighted by molar-refractivity contribution is -0.121. The lowest BCUT2D eigenvalue weighted by atomic mass is 10.0. The third-order valence-corrected chi connectivity index (χ3v) is 4.92. The Morgan fingerprint density at radius 3 is 2.79 bits per heavy atom. The summed E-state index contributed by atoms with van der Waals surface area (Å²) in [6.07, 6.45) is 1.62. The van der Waals surface area contributed by atoms with Gasteiger partial charge in [-0.25, -0.2) is 4.39 Å². The van der Waals surface area contributed by atoms with Crippen LogP contribution in [0.3, 0.4) is 0 Å². The van der Waals surface area contributed by atoms with Crippen LogP contribution in [0.4, 0.5) is 4.39 Å². The van der Waals surface area contributed by atoms with E-state index in [4.69, 9.17) is 9.47 Å². The first-order valence-corrected chi connectivity index (χ1v) is 9.45. The highest BCUT2D eigenvalue weighted by Crippen LogP contribution is 2.29. The number of ether oxygens (including phenoxy) is 2. The number of nitrogens with one attached hydrogen (secondary N) is 1. The number of amides is 1. The van der Waals surface area contributed by atoms with Crippen molar-refractivity contribution in [1.82, 2.24) is 5.32 Å². The minimum absolute atomic E-state index is 0.0114. The summed E-state index contributed by atoms with van der Waals surface area (Å²) >= 11 is 0. The molecule has 3 aromatic carbocycles. The Bertz CT molecular complexity index is 1000. The molecule has 0 aromatic heterocycles. The van der Waals surface area contributed by atoms with Gasteiger partial charge in [0.25, 0.3) is 0 Å². The first-order chi connectivity index (χ1) is 13.7. The fourth-order valence-electron chi connectivity index (χ4n) is 3.52. The summed E-state index contributed by atoms with van der Waals surface area (Å²) in [5, 5.41) is 5.29. The summed E-state index contributed by atoms with van der Waals surface area (Å²) in [6.45, 7) is 0.957. The van der Waals surface area contributed by atoms with Gasteiger partial charge in [-0.15, -0.1) is 0 Å². The third-order valence-electron chi connectivity index (χ3n) is 4.92. The average molecular weight is 379 g/mol. The molecule has 3 aromatic rings. The van der Waals surface area contributed by atoms with Gasteiger partial charge < -0.3 is 14.8 Å². The van der Waals surface area contributed by atoms with E-state index >= 15 is 0 Å². The van der Waals surface area contributed by atoms with Crippen LogP contribution in [0.1, 0.15) is 23.1 Å². The van der Waals surface area contributed by atoms with E-state index < -0.39 is 0 Å². The molecule has 0 unspecified atom stereocenters. The molecule has 1 aliphatic heterocycles. The molecule has 0 saturated carbocycles. The number of hydrogen-bond acceptors (Lipinski definition) is 3. The standard InChI is InChI=1S/C23H22FNO3/c24-21-12-19(23-20(13-21)14-27-15-28-23)9-10-25-22(26)8-6-16-5-7-17-3-1-2-4-18(17)11-16/h1-5,7,11-13H,6,8-10,14-15H2,(H,25,26). The van der Waals surface area contributed by atoms with Crippen LogP contribution in [0.15, 0.2) is 54.6 Å². The van der Waals surface area contributed by atoms with E-state index in [-0.39, 0.29) is 18.5 Å². The Hall–Kier alpha value is -2.92. The van der Waals surface area contributed by atoms with E-state index in [9.17, 15) is 9.18 Å². The van der Waals surface area contributed by atoms with Gasteiger partial charge in [-0.1, -0.05) is 42.5 Å². The molecule has 0 aliphatic carbocycles. The minimum Gasteiger partial charge on any atom is -0.467 e. The molecule has 1 N–H and O–H groups in total. The van der Waals surface area contributed by atoms with Gasteiger partial charge in [-0.3, -0.25) is 4.79 Å². The second-order valence-corrected chi connectivity index (χ2v) is 6.95. The van der Waals surface area contributed by atoms with Crippen molar-refractivity contribution in [1.29, 1.82) is 0 Å². The van der Waals surface area contributed by atoms with Crippen LogP contribution in [-0.2, 0) is 29.0 Å². The number of carbonyl (C=O) groups is 1. The highest BCUT2D eigenvalue weighted by atomic mass is 19.1. The molecular weight excluding hydrogens is 357 g/mol. The maximum Gasteiger partial charge on any atom is 0.220 e. The molecule has 0 fully saturated rings. The number of fused-ring (bicyclic) bond motifs is 2. The highest BCUT2D eigenvalue weighted by molar-refractivity contribution is 5.83. The van der Waals surface area contributed by atoms with Gasteiger partial charge in [0.15, 0.2) is 6.79 Å². The molecule has 0 radical (unpaired) electrons. The molecule has 144 valence electrons. The van der Waals surface area contributed by atoms with E-state index in [2.05, 4.69) is 35.6 Å². The monoisotopic (exact) mass is 379 g/mol. The molecule has 5 heteroatoms. The van der Waals surface area contributed by atoms with Gasteiger partial charge in [0, 0.05) is 18.5 Å². The fraction of sp³-hybridized carbons (Fsp3) is 0.261. The maximum absolute atomic E-state index is 13.8. The lowest BCUT2D eigenvalue weighted by Gasteiger charge is -2.21. The molecule has 0 bridgehead atoms. The summed E-state index contributed by atoms with van der Waals surface area (Å²) in [5.41, 5.74) is 2.61. The summed E-state index contributed by atoms with van der Waals surface area (Å²) in [6, 6.07) is 17.3. The number of halogens is 1.